The van der Waals surface area contributed by atoms with Gasteiger partial charge in [0.2, 0.25) is 0 Å². The molecule has 0 aliphatic rings. The highest BCUT2D eigenvalue weighted by molar-refractivity contribution is 6.74. The summed E-state index contributed by atoms with van der Waals surface area (Å²) in [7, 11) is -3.63. The third-order valence-electron chi connectivity index (χ3n) is 5.72. The van der Waals surface area contributed by atoms with Gasteiger partial charge in [-0.15, -0.1) is 0 Å². The van der Waals surface area contributed by atoms with E-state index >= 15 is 0 Å². The topological polar surface area (TPSA) is 35.5 Å². The van der Waals surface area contributed by atoms with E-state index < -0.39 is 16.6 Å². The van der Waals surface area contributed by atoms with E-state index in [4.69, 9.17) is 8.85 Å². The fourth-order valence-electron chi connectivity index (χ4n) is 1.72. The summed E-state index contributed by atoms with van der Waals surface area (Å²) >= 11 is 0. The van der Waals surface area contributed by atoms with E-state index in [2.05, 4.69) is 67.7 Å². The van der Waals surface area contributed by atoms with Crippen molar-refractivity contribution in [3.05, 3.63) is 0 Å². The van der Waals surface area contributed by atoms with Gasteiger partial charge in [0.15, 0.2) is 16.6 Å². The normalized spacial score (nSPS) is 17.0. The third kappa shape index (κ3) is 6.80. The maximum Gasteiger partial charge on any atom is 0.192 e. The highest BCUT2D eigenvalue weighted by Gasteiger charge is 2.41. The van der Waals surface area contributed by atoms with Gasteiger partial charge in [-0.2, -0.15) is 0 Å². The van der Waals surface area contributed by atoms with Crippen LogP contribution in [-0.4, -0.2) is 35.6 Å². The van der Waals surface area contributed by atoms with Gasteiger partial charge in [0.1, 0.15) is 6.29 Å². The summed E-state index contributed by atoms with van der Waals surface area (Å²) in [6.45, 7) is 25.1. The Labute approximate surface area is 146 Å². The first-order valence-electron chi connectivity index (χ1n) is 8.82. The van der Waals surface area contributed by atoms with Crippen molar-refractivity contribution in [2.45, 2.75) is 97.3 Å². The Morgan fingerprint density at radius 3 is 1.70 bits per heavy atom. The van der Waals surface area contributed by atoms with Crippen molar-refractivity contribution >= 4 is 22.9 Å². The molecule has 0 unspecified atom stereocenters. The zero-order valence-electron chi connectivity index (χ0n) is 17.4. The summed E-state index contributed by atoms with van der Waals surface area (Å²) in [5.74, 6) is -0.0906. The fraction of sp³-hybridized carbons (Fsp3) is 0.944. The second-order valence-corrected chi connectivity index (χ2v) is 19.4. The molecular weight excluding hydrogens is 320 g/mol. The molecule has 0 aromatic carbocycles. The first-order chi connectivity index (χ1) is 10.0. The summed E-state index contributed by atoms with van der Waals surface area (Å²) in [5.41, 5.74) is 0. The van der Waals surface area contributed by atoms with Crippen LogP contribution in [0.3, 0.4) is 0 Å². The molecule has 0 saturated carbocycles. The molecule has 3 nitrogen and oxygen atoms in total. The maximum absolute atomic E-state index is 11.3. The van der Waals surface area contributed by atoms with Gasteiger partial charge in [-0.3, -0.25) is 0 Å². The van der Waals surface area contributed by atoms with Gasteiger partial charge >= 0.3 is 0 Å². The molecule has 0 radical (unpaired) electrons. The molecule has 0 amide bonds. The van der Waals surface area contributed by atoms with Crippen molar-refractivity contribution in [1.29, 1.82) is 0 Å². The lowest BCUT2D eigenvalue weighted by Crippen LogP contribution is -2.46. The van der Waals surface area contributed by atoms with E-state index in [0.717, 1.165) is 12.7 Å². The Morgan fingerprint density at radius 2 is 1.35 bits per heavy atom. The lowest BCUT2D eigenvalue weighted by molar-refractivity contribution is -0.113. The van der Waals surface area contributed by atoms with E-state index in [-0.39, 0.29) is 22.1 Å². The molecule has 0 spiro atoms. The third-order valence-corrected chi connectivity index (χ3v) is 14.8. The fourth-order valence-corrected chi connectivity index (χ4v) is 4.22. The second-order valence-electron chi connectivity index (χ2n) is 9.81. The highest BCUT2D eigenvalue weighted by atomic mass is 28.4. The van der Waals surface area contributed by atoms with E-state index in [1.807, 2.05) is 6.92 Å². The zero-order chi connectivity index (χ0) is 18.7. The average molecular weight is 361 g/mol. The minimum absolute atomic E-state index is 0.0434. The van der Waals surface area contributed by atoms with Crippen molar-refractivity contribution in [2.24, 2.45) is 5.92 Å². The SMILES string of the molecule is C[C@@H](C=O)[C@H](CCO[Si](C)(C)C(C)(C)C)O[Si](C)(C)C(C)(C)C. The molecule has 0 aromatic heterocycles. The first-order valence-corrected chi connectivity index (χ1v) is 14.6. The first kappa shape index (κ1) is 23.0. The lowest BCUT2D eigenvalue weighted by atomic mass is 10.0. The molecule has 0 heterocycles. The van der Waals surface area contributed by atoms with Crippen LogP contribution in [-0.2, 0) is 13.6 Å². The lowest BCUT2D eigenvalue weighted by Gasteiger charge is -2.41. The number of hydrogen-bond donors (Lipinski definition) is 0. The van der Waals surface area contributed by atoms with Crippen LogP contribution in [0.1, 0.15) is 54.9 Å². The molecule has 0 rings (SSSR count). The molecule has 138 valence electrons. The van der Waals surface area contributed by atoms with Crippen molar-refractivity contribution < 1.29 is 13.6 Å². The Balaban J connectivity index is 4.88. The molecular formula is C18H40O3Si2. The minimum atomic E-state index is -1.88. The predicted octanol–water partition coefficient (Wildman–Crippen LogP) is 5.62. The van der Waals surface area contributed by atoms with Crippen LogP contribution in [0, 0.1) is 5.92 Å². The van der Waals surface area contributed by atoms with Gasteiger partial charge < -0.3 is 13.6 Å². The van der Waals surface area contributed by atoms with Gasteiger partial charge in [0.25, 0.3) is 0 Å². The summed E-state index contributed by atoms with van der Waals surface area (Å²) < 4.78 is 12.8. The summed E-state index contributed by atoms with van der Waals surface area (Å²) in [6, 6.07) is 0. The van der Waals surface area contributed by atoms with Gasteiger partial charge in [-0.05, 0) is 42.7 Å². The van der Waals surface area contributed by atoms with E-state index in [0.29, 0.717) is 6.61 Å². The van der Waals surface area contributed by atoms with Crippen molar-refractivity contribution in [1.82, 2.24) is 0 Å². The number of carbonyl (C=O) groups excluding carboxylic acids is 1. The minimum Gasteiger partial charge on any atom is -0.417 e. The molecule has 0 aromatic rings. The summed E-state index contributed by atoms with van der Waals surface area (Å²) in [5, 5.41) is 0.354. The van der Waals surface area contributed by atoms with E-state index in [1.54, 1.807) is 0 Å². The van der Waals surface area contributed by atoms with E-state index in [1.165, 1.54) is 0 Å². The van der Waals surface area contributed by atoms with Crippen LogP contribution < -0.4 is 0 Å². The quantitative estimate of drug-likeness (QED) is 0.416. The maximum atomic E-state index is 11.3. The monoisotopic (exact) mass is 360 g/mol. The van der Waals surface area contributed by atoms with Gasteiger partial charge in [-0.25, -0.2) is 0 Å². The predicted molar refractivity (Wildman–Crippen MR) is 105 cm³/mol. The van der Waals surface area contributed by atoms with Crippen LogP contribution >= 0.6 is 0 Å². The Morgan fingerprint density at radius 1 is 0.913 bits per heavy atom. The average Bonchev–Trinajstić information content (AvgIpc) is 2.33. The Bertz CT molecular complexity index is 379. The highest BCUT2D eigenvalue weighted by Crippen LogP contribution is 2.39. The summed E-state index contributed by atoms with van der Waals surface area (Å²) in [6.07, 6.45) is 1.77. The van der Waals surface area contributed by atoms with Gasteiger partial charge in [-0.1, -0.05) is 48.5 Å². The van der Waals surface area contributed by atoms with Gasteiger partial charge in [0, 0.05) is 12.5 Å². The van der Waals surface area contributed by atoms with Crippen LogP contribution in [0.15, 0.2) is 0 Å². The number of carbonyl (C=O) groups is 1. The molecule has 23 heavy (non-hydrogen) atoms. The number of hydrogen-bond acceptors (Lipinski definition) is 3. The molecule has 0 fully saturated rings. The molecule has 5 heteroatoms. The molecule has 0 saturated heterocycles. The largest absolute Gasteiger partial charge is 0.417 e. The Kier molecular flexibility index (Phi) is 7.94. The Hall–Kier alpha value is 0.0238. The summed E-state index contributed by atoms with van der Waals surface area (Å²) in [4.78, 5) is 11.3. The van der Waals surface area contributed by atoms with Crippen LogP contribution in [0.2, 0.25) is 36.3 Å². The van der Waals surface area contributed by atoms with Gasteiger partial charge in [0.05, 0.1) is 6.10 Å². The van der Waals surface area contributed by atoms with Crippen molar-refractivity contribution in [2.75, 3.05) is 6.61 Å². The molecule has 0 aliphatic carbocycles. The standard InChI is InChI=1S/C18H40O3Si2/c1-15(14-19)16(21-23(10,11)18(5,6)7)12-13-20-22(8,9)17(2,3)4/h14-16H,12-13H2,1-11H3/t15-,16-/m0/s1. The zero-order valence-corrected chi connectivity index (χ0v) is 19.4. The van der Waals surface area contributed by atoms with Crippen molar-refractivity contribution in [3.63, 3.8) is 0 Å². The molecule has 0 N–H and O–H groups in total. The molecule has 0 bridgehead atoms. The molecule has 2 atom stereocenters. The van der Waals surface area contributed by atoms with Crippen LogP contribution in [0.25, 0.3) is 0 Å². The van der Waals surface area contributed by atoms with Crippen LogP contribution in [0.4, 0.5) is 0 Å². The second kappa shape index (κ2) is 7.94. The number of aldehydes is 1. The molecule has 0 aliphatic heterocycles. The number of rotatable bonds is 8. The van der Waals surface area contributed by atoms with E-state index in [9.17, 15) is 4.79 Å². The smallest absolute Gasteiger partial charge is 0.192 e. The van der Waals surface area contributed by atoms with Crippen LogP contribution in [0.5, 0.6) is 0 Å². The van der Waals surface area contributed by atoms with Crippen molar-refractivity contribution in [3.8, 4) is 0 Å².